The van der Waals surface area contributed by atoms with Crippen molar-refractivity contribution >= 4 is 11.9 Å². The molecule has 0 aromatic carbocycles. The predicted molar refractivity (Wildman–Crippen MR) is 110 cm³/mol. The number of pyridine rings is 2. The first-order valence-corrected chi connectivity index (χ1v) is 9.70. The van der Waals surface area contributed by atoms with Crippen molar-refractivity contribution in [3.05, 3.63) is 70.2 Å². The number of aromatic nitrogens is 4. The van der Waals surface area contributed by atoms with Crippen molar-refractivity contribution in [3.8, 4) is 11.1 Å². The van der Waals surface area contributed by atoms with Gasteiger partial charge in [0.2, 0.25) is 5.95 Å². The number of hydrogen-bond donors (Lipinski definition) is 3. The van der Waals surface area contributed by atoms with Gasteiger partial charge in [0, 0.05) is 60.8 Å². The number of fused-ring (bicyclic) bond motifs is 1. The third kappa shape index (κ3) is 4.31. The Morgan fingerprint density at radius 3 is 2.69 bits per heavy atom. The summed E-state index contributed by atoms with van der Waals surface area (Å²) >= 11 is 0. The van der Waals surface area contributed by atoms with Crippen molar-refractivity contribution in [2.45, 2.75) is 25.7 Å². The SMILES string of the molecule is O=C(NCCNc1ncccn1)c1cncc(-c2c[nH]c(=O)c3c2CCCC3)c1. The van der Waals surface area contributed by atoms with Crippen LogP contribution < -0.4 is 16.2 Å². The number of amides is 1. The third-order valence-electron chi connectivity index (χ3n) is 4.99. The molecule has 3 heterocycles. The van der Waals surface area contributed by atoms with Crippen LogP contribution in [0.3, 0.4) is 0 Å². The van der Waals surface area contributed by atoms with Crippen LogP contribution in [0.1, 0.15) is 34.3 Å². The average molecular weight is 390 g/mol. The molecule has 0 saturated carbocycles. The second-order valence-electron chi connectivity index (χ2n) is 6.91. The zero-order chi connectivity index (χ0) is 20.1. The summed E-state index contributed by atoms with van der Waals surface area (Å²) in [5.74, 6) is 0.321. The Hall–Kier alpha value is -3.55. The van der Waals surface area contributed by atoms with Crippen LogP contribution in [0, 0.1) is 0 Å². The second-order valence-corrected chi connectivity index (χ2v) is 6.91. The molecule has 0 saturated heterocycles. The Balaban J connectivity index is 1.45. The Bertz CT molecular complexity index is 1060. The van der Waals surface area contributed by atoms with Gasteiger partial charge in [0.25, 0.3) is 11.5 Å². The summed E-state index contributed by atoms with van der Waals surface area (Å²) < 4.78 is 0. The van der Waals surface area contributed by atoms with Gasteiger partial charge in [0.1, 0.15) is 0 Å². The molecule has 0 fully saturated rings. The lowest BCUT2D eigenvalue weighted by Gasteiger charge is -2.18. The van der Waals surface area contributed by atoms with Gasteiger partial charge in [-0.25, -0.2) is 9.97 Å². The van der Waals surface area contributed by atoms with Gasteiger partial charge < -0.3 is 15.6 Å². The molecule has 3 aromatic heterocycles. The molecule has 4 rings (SSSR count). The molecule has 29 heavy (non-hydrogen) atoms. The number of H-pyrrole nitrogens is 1. The van der Waals surface area contributed by atoms with Gasteiger partial charge in [-0.3, -0.25) is 14.6 Å². The summed E-state index contributed by atoms with van der Waals surface area (Å²) in [7, 11) is 0. The van der Waals surface area contributed by atoms with Gasteiger partial charge in [-0.15, -0.1) is 0 Å². The number of carbonyl (C=O) groups excluding carboxylic acids is 1. The lowest BCUT2D eigenvalue weighted by molar-refractivity contribution is 0.0955. The maximum atomic E-state index is 12.5. The highest BCUT2D eigenvalue weighted by molar-refractivity contribution is 5.95. The number of aromatic amines is 1. The van der Waals surface area contributed by atoms with Crippen molar-refractivity contribution in [1.82, 2.24) is 25.3 Å². The minimum Gasteiger partial charge on any atom is -0.352 e. The predicted octanol–water partition coefficient (Wildman–Crippen LogP) is 1.95. The molecule has 0 atom stereocenters. The van der Waals surface area contributed by atoms with Crippen LogP contribution in [-0.2, 0) is 12.8 Å². The summed E-state index contributed by atoms with van der Waals surface area (Å²) in [6.45, 7) is 0.936. The minimum atomic E-state index is -0.201. The van der Waals surface area contributed by atoms with Gasteiger partial charge in [-0.05, 0) is 43.4 Å². The molecule has 0 radical (unpaired) electrons. The van der Waals surface area contributed by atoms with E-state index >= 15 is 0 Å². The van der Waals surface area contributed by atoms with Gasteiger partial charge in [-0.2, -0.15) is 0 Å². The number of nitrogens with one attached hydrogen (secondary N) is 3. The fraction of sp³-hybridized carbons (Fsp3) is 0.286. The van der Waals surface area contributed by atoms with Crippen molar-refractivity contribution in [2.75, 3.05) is 18.4 Å². The number of rotatable bonds is 6. The van der Waals surface area contributed by atoms with Crippen LogP contribution in [0.25, 0.3) is 11.1 Å². The number of carbonyl (C=O) groups is 1. The van der Waals surface area contributed by atoms with Crippen molar-refractivity contribution in [3.63, 3.8) is 0 Å². The van der Waals surface area contributed by atoms with E-state index in [1.807, 2.05) is 6.07 Å². The topological polar surface area (TPSA) is 113 Å². The summed E-state index contributed by atoms with van der Waals surface area (Å²) in [5.41, 5.74) is 4.19. The van der Waals surface area contributed by atoms with E-state index in [0.29, 0.717) is 24.6 Å². The molecule has 3 N–H and O–H groups in total. The molecule has 0 unspecified atom stereocenters. The molecule has 1 aliphatic rings. The largest absolute Gasteiger partial charge is 0.352 e. The van der Waals surface area contributed by atoms with Gasteiger partial charge >= 0.3 is 0 Å². The van der Waals surface area contributed by atoms with Gasteiger partial charge in [0.15, 0.2) is 0 Å². The third-order valence-corrected chi connectivity index (χ3v) is 4.99. The molecule has 8 heteroatoms. The molecule has 0 bridgehead atoms. The van der Waals surface area contributed by atoms with Crippen LogP contribution in [0.2, 0.25) is 0 Å². The molecule has 1 amide bonds. The van der Waals surface area contributed by atoms with Crippen LogP contribution in [0.4, 0.5) is 5.95 Å². The van der Waals surface area contributed by atoms with Gasteiger partial charge in [0.05, 0.1) is 5.56 Å². The molecular formula is C21H22N6O2. The number of hydrogen-bond acceptors (Lipinski definition) is 6. The average Bonchev–Trinajstić information content (AvgIpc) is 2.78. The zero-order valence-corrected chi connectivity index (χ0v) is 15.9. The van der Waals surface area contributed by atoms with Crippen LogP contribution in [0.5, 0.6) is 0 Å². The monoisotopic (exact) mass is 390 g/mol. The van der Waals surface area contributed by atoms with E-state index in [1.165, 1.54) is 0 Å². The van der Waals surface area contributed by atoms with E-state index in [1.54, 1.807) is 37.1 Å². The minimum absolute atomic E-state index is 0.0137. The first-order valence-electron chi connectivity index (χ1n) is 9.70. The summed E-state index contributed by atoms with van der Waals surface area (Å²) in [5, 5.41) is 5.91. The Kier molecular flexibility index (Phi) is 5.60. The van der Waals surface area contributed by atoms with Gasteiger partial charge in [-0.1, -0.05) is 0 Å². The standard InChI is InChI=1S/C21H22N6O2/c28-19(23-8-9-26-21-24-6-3-7-25-21)15-10-14(11-22-12-15)18-13-27-20(29)17-5-2-1-4-16(17)18/h3,6-7,10-13H,1-2,4-5,8-9H2,(H,23,28)(H,27,29)(H,24,25,26). The fourth-order valence-corrected chi connectivity index (χ4v) is 3.58. The maximum absolute atomic E-state index is 12.5. The maximum Gasteiger partial charge on any atom is 0.252 e. The van der Waals surface area contributed by atoms with Crippen LogP contribution in [-0.4, -0.2) is 38.9 Å². The molecule has 0 spiro atoms. The molecule has 3 aromatic rings. The normalized spacial score (nSPS) is 12.8. The number of anilines is 1. The lowest BCUT2D eigenvalue weighted by Crippen LogP contribution is -2.29. The quantitative estimate of drug-likeness (QED) is 0.555. The van der Waals surface area contributed by atoms with E-state index in [2.05, 4.69) is 30.6 Å². The molecular weight excluding hydrogens is 368 g/mol. The Morgan fingerprint density at radius 2 is 1.86 bits per heavy atom. The Labute approximate surface area is 167 Å². The highest BCUT2D eigenvalue weighted by Gasteiger charge is 2.18. The van der Waals surface area contributed by atoms with E-state index in [0.717, 1.165) is 47.9 Å². The van der Waals surface area contributed by atoms with Crippen molar-refractivity contribution < 1.29 is 4.79 Å². The fourth-order valence-electron chi connectivity index (χ4n) is 3.58. The molecule has 0 aliphatic heterocycles. The van der Waals surface area contributed by atoms with E-state index in [4.69, 9.17) is 0 Å². The van der Waals surface area contributed by atoms with Crippen LogP contribution >= 0.6 is 0 Å². The highest BCUT2D eigenvalue weighted by Crippen LogP contribution is 2.29. The second kappa shape index (κ2) is 8.64. The zero-order valence-electron chi connectivity index (χ0n) is 15.9. The van der Waals surface area contributed by atoms with E-state index in [-0.39, 0.29) is 11.5 Å². The van der Waals surface area contributed by atoms with E-state index in [9.17, 15) is 9.59 Å². The number of nitrogens with zero attached hydrogens (tertiary/aromatic N) is 3. The smallest absolute Gasteiger partial charge is 0.252 e. The highest BCUT2D eigenvalue weighted by atomic mass is 16.1. The first kappa shape index (κ1) is 18.8. The van der Waals surface area contributed by atoms with Crippen LogP contribution in [0.15, 0.2) is 47.9 Å². The molecule has 148 valence electrons. The van der Waals surface area contributed by atoms with Crippen molar-refractivity contribution in [1.29, 1.82) is 0 Å². The summed E-state index contributed by atoms with van der Waals surface area (Å²) in [6.07, 6.45) is 12.1. The summed E-state index contributed by atoms with van der Waals surface area (Å²) in [6, 6.07) is 3.56. The lowest BCUT2D eigenvalue weighted by atomic mass is 9.88. The molecule has 8 nitrogen and oxygen atoms in total. The first-order chi connectivity index (χ1) is 14.2. The molecule has 1 aliphatic carbocycles. The van der Waals surface area contributed by atoms with Crippen molar-refractivity contribution in [2.24, 2.45) is 0 Å². The Morgan fingerprint density at radius 1 is 1.07 bits per heavy atom. The van der Waals surface area contributed by atoms with E-state index < -0.39 is 0 Å². The summed E-state index contributed by atoms with van der Waals surface area (Å²) in [4.78, 5) is 39.8.